The Morgan fingerprint density at radius 3 is 2.29 bits per heavy atom. The number of amides is 1. The summed E-state index contributed by atoms with van der Waals surface area (Å²) >= 11 is 0. The lowest BCUT2D eigenvalue weighted by atomic mass is 9.91. The predicted octanol–water partition coefficient (Wildman–Crippen LogP) is 5.99. The van der Waals surface area contributed by atoms with E-state index in [-0.39, 0.29) is 23.3 Å². The zero-order chi connectivity index (χ0) is 20.2. The van der Waals surface area contributed by atoms with Crippen LogP contribution in [0.15, 0.2) is 59.7 Å². The van der Waals surface area contributed by atoms with E-state index < -0.39 is 0 Å². The first kappa shape index (κ1) is 18.5. The van der Waals surface area contributed by atoms with Gasteiger partial charge in [0.15, 0.2) is 0 Å². The Bertz CT molecular complexity index is 1100. The van der Waals surface area contributed by atoms with Crippen molar-refractivity contribution in [3.05, 3.63) is 71.1 Å². The average Bonchev–Trinajstić information content (AvgIpc) is 3.12. The van der Waals surface area contributed by atoms with E-state index in [4.69, 9.17) is 0 Å². The molecule has 0 saturated carbocycles. The second kappa shape index (κ2) is 6.33. The molecule has 0 fully saturated rings. The van der Waals surface area contributed by atoms with Crippen LogP contribution in [0.5, 0.6) is 0 Å². The number of H-pyrrole nitrogens is 1. The van der Waals surface area contributed by atoms with E-state index in [0.29, 0.717) is 0 Å². The third kappa shape index (κ3) is 2.75. The van der Waals surface area contributed by atoms with E-state index in [1.54, 1.807) is 12.1 Å². The lowest BCUT2D eigenvalue weighted by molar-refractivity contribution is -0.131. The Labute approximate surface area is 164 Å². The minimum Gasteiger partial charge on any atom is -0.354 e. The number of aromatic amines is 1. The summed E-state index contributed by atoms with van der Waals surface area (Å²) in [6, 6.07) is 14.5. The van der Waals surface area contributed by atoms with Crippen LogP contribution in [0.3, 0.4) is 0 Å². The van der Waals surface area contributed by atoms with Gasteiger partial charge in [-0.25, -0.2) is 4.39 Å². The van der Waals surface area contributed by atoms with Gasteiger partial charge < -0.3 is 9.88 Å². The third-order valence-corrected chi connectivity index (χ3v) is 5.67. The normalized spacial score (nSPS) is 17.9. The average molecular weight is 376 g/mol. The van der Waals surface area contributed by atoms with E-state index in [1.165, 1.54) is 12.1 Å². The van der Waals surface area contributed by atoms with E-state index in [1.807, 2.05) is 36.9 Å². The van der Waals surface area contributed by atoms with Crippen molar-refractivity contribution in [3.8, 4) is 11.3 Å². The highest BCUT2D eigenvalue weighted by Crippen LogP contribution is 2.47. The Balaban J connectivity index is 2.03. The number of para-hydroxylation sites is 1. The number of carbonyl (C=O) groups excluding carboxylic acids is 1. The molecule has 2 heterocycles. The van der Waals surface area contributed by atoms with Gasteiger partial charge in [-0.2, -0.15) is 0 Å². The molecule has 1 N–H and O–H groups in total. The highest BCUT2D eigenvalue weighted by molar-refractivity contribution is 6.00. The van der Waals surface area contributed by atoms with Gasteiger partial charge in [-0.05, 0) is 76.1 Å². The summed E-state index contributed by atoms with van der Waals surface area (Å²) in [5.41, 5.74) is 5.45. The van der Waals surface area contributed by atoms with Crippen molar-refractivity contribution in [2.24, 2.45) is 0 Å². The van der Waals surface area contributed by atoms with Gasteiger partial charge in [-0.3, -0.25) is 4.79 Å². The number of benzene rings is 2. The zero-order valence-electron chi connectivity index (χ0n) is 16.9. The Morgan fingerprint density at radius 1 is 1.00 bits per heavy atom. The van der Waals surface area contributed by atoms with Crippen LogP contribution in [0.4, 0.5) is 4.39 Å². The van der Waals surface area contributed by atoms with E-state index >= 15 is 0 Å². The molecule has 1 aromatic heterocycles. The third-order valence-electron chi connectivity index (χ3n) is 5.67. The van der Waals surface area contributed by atoms with Gasteiger partial charge >= 0.3 is 0 Å². The first-order valence-corrected chi connectivity index (χ1v) is 9.57. The Morgan fingerprint density at radius 2 is 1.64 bits per heavy atom. The van der Waals surface area contributed by atoms with Crippen LogP contribution in [0.2, 0.25) is 0 Å². The fourth-order valence-electron chi connectivity index (χ4n) is 4.19. The van der Waals surface area contributed by atoms with Crippen LogP contribution in [0.1, 0.15) is 46.2 Å². The predicted molar refractivity (Wildman–Crippen MR) is 111 cm³/mol. The summed E-state index contributed by atoms with van der Waals surface area (Å²) in [7, 11) is 0. The number of hydrogen-bond acceptors (Lipinski definition) is 1. The minimum absolute atomic E-state index is 0.0744. The maximum Gasteiger partial charge on any atom is 0.250 e. The summed E-state index contributed by atoms with van der Waals surface area (Å²) in [6.07, 6.45) is 0. The molecule has 0 unspecified atom stereocenters. The number of fused-ring (bicyclic) bond motifs is 1. The first-order valence-electron chi connectivity index (χ1n) is 9.57. The fraction of sp³-hybridized carbons (Fsp3) is 0.292. The summed E-state index contributed by atoms with van der Waals surface area (Å²) in [6.45, 7) is 10.1. The highest BCUT2D eigenvalue weighted by atomic mass is 19.1. The van der Waals surface area contributed by atoms with Gasteiger partial charge in [0.1, 0.15) is 5.82 Å². The van der Waals surface area contributed by atoms with Crippen molar-refractivity contribution in [2.75, 3.05) is 0 Å². The van der Waals surface area contributed by atoms with Crippen LogP contribution < -0.4 is 0 Å². The monoisotopic (exact) mass is 376 g/mol. The van der Waals surface area contributed by atoms with Crippen molar-refractivity contribution in [2.45, 2.75) is 46.2 Å². The Kier molecular flexibility index (Phi) is 4.18. The van der Waals surface area contributed by atoms with Crippen LogP contribution in [0, 0.1) is 5.82 Å². The number of aromatic nitrogens is 1. The van der Waals surface area contributed by atoms with E-state index in [2.05, 4.69) is 31.8 Å². The van der Waals surface area contributed by atoms with Gasteiger partial charge in [-0.15, -0.1) is 0 Å². The van der Waals surface area contributed by atoms with Crippen LogP contribution in [-0.4, -0.2) is 21.3 Å². The number of carbonyl (C=O) groups is 1. The molecule has 0 aliphatic carbocycles. The summed E-state index contributed by atoms with van der Waals surface area (Å²) in [5.74, 6) is -0.189. The fourth-order valence-corrected chi connectivity index (χ4v) is 4.19. The maximum absolute atomic E-state index is 13.5. The smallest absolute Gasteiger partial charge is 0.250 e. The van der Waals surface area contributed by atoms with Crippen LogP contribution >= 0.6 is 0 Å². The molecule has 4 heteroatoms. The highest BCUT2D eigenvalue weighted by Gasteiger charge is 2.43. The SMILES string of the molecule is CC1=C(C)[C@@H](c2c(-c3ccc(F)cc3)[nH]c3ccccc23)N(C(C)(C)C)C1=O. The van der Waals surface area contributed by atoms with Crippen molar-refractivity contribution in [3.63, 3.8) is 0 Å². The Hall–Kier alpha value is -2.88. The van der Waals surface area contributed by atoms with Crippen LogP contribution in [0.25, 0.3) is 22.2 Å². The number of nitrogens with one attached hydrogen (secondary N) is 1. The van der Waals surface area contributed by atoms with Crippen molar-refractivity contribution in [1.29, 1.82) is 0 Å². The van der Waals surface area contributed by atoms with E-state index in [9.17, 15) is 9.18 Å². The van der Waals surface area contributed by atoms with Crippen molar-refractivity contribution >= 4 is 16.8 Å². The lowest BCUT2D eigenvalue weighted by Gasteiger charge is -2.38. The number of halogens is 1. The van der Waals surface area contributed by atoms with Gasteiger partial charge in [0, 0.05) is 27.6 Å². The molecule has 1 aliphatic heterocycles. The molecule has 28 heavy (non-hydrogen) atoms. The minimum atomic E-state index is -0.334. The second-order valence-corrected chi connectivity index (χ2v) is 8.52. The van der Waals surface area contributed by atoms with Crippen molar-refractivity contribution < 1.29 is 9.18 Å². The summed E-state index contributed by atoms with van der Waals surface area (Å²) in [5, 5.41) is 1.09. The molecule has 0 spiro atoms. The molecule has 1 aliphatic rings. The van der Waals surface area contributed by atoms with Gasteiger partial charge in [0.25, 0.3) is 5.91 Å². The van der Waals surface area contributed by atoms with Crippen molar-refractivity contribution in [1.82, 2.24) is 9.88 Å². The summed E-state index contributed by atoms with van der Waals surface area (Å²) in [4.78, 5) is 18.6. The molecule has 2 aromatic carbocycles. The van der Waals surface area contributed by atoms with Crippen LogP contribution in [-0.2, 0) is 4.79 Å². The lowest BCUT2D eigenvalue weighted by Crippen LogP contribution is -2.45. The summed E-state index contributed by atoms with van der Waals surface area (Å²) < 4.78 is 13.5. The topological polar surface area (TPSA) is 36.1 Å². The molecule has 0 bridgehead atoms. The van der Waals surface area contributed by atoms with Gasteiger partial charge in [-0.1, -0.05) is 18.2 Å². The van der Waals surface area contributed by atoms with Gasteiger partial charge in [0.2, 0.25) is 0 Å². The molecule has 3 aromatic rings. The molecule has 1 atom stereocenters. The van der Waals surface area contributed by atoms with E-state index in [0.717, 1.165) is 38.9 Å². The maximum atomic E-state index is 13.5. The molecule has 0 radical (unpaired) electrons. The number of rotatable bonds is 2. The second-order valence-electron chi connectivity index (χ2n) is 8.52. The quantitative estimate of drug-likeness (QED) is 0.586. The molecular formula is C24H25FN2O. The molecule has 1 amide bonds. The molecule has 0 saturated heterocycles. The molecule has 144 valence electrons. The van der Waals surface area contributed by atoms with Gasteiger partial charge in [0.05, 0.1) is 11.7 Å². The number of nitrogens with zero attached hydrogens (tertiary/aromatic N) is 1. The standard InChI is InChI=1S/C24H25FN2O/c1-14-15(2)23(28)27(24(3,4)5)22(14)20-18-8-6-7-9-19(18)26-21(20)16-10-12-17(25)13-11-16/h6-13,22,26H,1-5H3/t22-/m0/s1. The largest absolute Gasteiger partial charge is 0.354 e. The zero-order valence-corrected chi connectivity index (χ0v) is 16.9. The molecular weight excluding hydrogens is 351 g/mol. The molecule has 4 rings (SSSR count). The first-order chi connectivity index (χ1) is 13.2. The molecule has 3 nitrogen and oxygen atoms in total. The number of hydrogen-bond donors (Lipinski definition) is 1.